The van der Waals surface area contributed by atoms with Gasteiger partial charge in [-0.1, -0.05) is 64.0 Å². The molecule has 0 fully saturated rings. The van der Waals surface area contributed by atoms with Gasteiger partial charge in [-0.3, -0.25) is 9.69 Å². The second-order valence-corrected chi connectivity index (χ2v) is 7.79. The molecule has 148 valence electrons. The molecule has 3 aromatic rings. The van der Waals surface area contributed by atoms with E-state index in [2.05, 4.69) is 20.9 Å². The molecule has 3 aromatic carbocycles. The minimum atomic E-state index is -0.994. The fraction of sp³-hybridized carbons (Fsp3) is 0.0417. The highest BCUT2D eigenvalue weighted by Gasteiger charge is 2.32. The first-order valence-corrected chi connectivity index (χ1v) is 10.0. The highest BCUT2D eigenvalue weighted by molar-refractivity contribution is 9.10. The number of hydrogen-bond donors (Lipinski definition) is 1. The zero-order chi connectivity index (χ0) is 21.3. The van der Waals surface area contributed by atoms with Gasteiger partial charge in [0.15, 0.2) is 0 Å². The molecule has 0 radical (unpaired) electrons. The molecular weight excluding hydrogens is 444 g/mol. The van der Waals surface area contributed by atoms with Crippen molar-refractivity contribution in [3.05, 3.63) is 105 Å². The van der Waals surface area contributed by atoms with Crippen LogP contribution in [-0.4, -0.2) is 22.8 Å². The molecular formula is C24H17BrN2O3. The summed E-state index contributed by atoms with van der Waals surface area (Å²) < 4.78 is 0.859. The number of carbonyl (C=O) groups is 2. The summed E-state index contributed by atoms with van der Waals surface area (Å²) in [5, 5.41) is 9.06. The lowest BCUT2D eigenvalue weighted by atomic mass is 10.1. The van der Waals surface area contributed by atoms with Crippen LogP contribution < -0.4 is 4.90 Å². The minimum absolute atomic E-state index is 0.189. The predicted molar refractivity (Wildman–Crippen MR) is 121 cm³/mol. The number of carboxylic acid groups (broad SMARTS) is 1. The van der Waals surface area contributed by atoms with E-state index in [0.717, 1.165) is 15.6 Å². The standard InChI is InChI=1S/C24H17BrN2O3/c1-15-5-9-17(10-6-15)22-26-21(13-16-7-11-18(12-8-16)24(29)30)23(28)27(22)20-4-2-3-19(25)14-20/h2-14H,1H3,(H,29,30)/b21-13+. The van der Waals surface area contributed by atoms with Crippen molar-refractivity contribution in [2.24, 2.45) is 4.99 Å². The molecule has 4 rings (SSSR count). The summed E-state index contributed by atoms with van der Waals surface area (Å²) >= 11 is 3.46. The van der Waals surface area contributed by atoms with Gasteiger partial charge < -0.3 is 5.11 Å². The normalized spacial score (nSPS) is 14.9. The van der Waals surface area contributed by atoms with Crippen molar-refractivity contribution >= 4 is 45.4 Å². The van der Waals surface area contributed by atoms with Crippen molar-refractivity contribution in [1.29, 1.82) is 0 Å². The Morgan fingerprint density at radius 3 is 2.37 bits per heavy atom. The van der Waals surface area contributed by atoms with Gasteiger partial charge in [0.2, 0.25) is 0 Å². The fourth-order valence-corrected chi connectivity index (χ4v) is 3.53. The number of nitrogens with zero attached hydrogens (tertiary/aromatic N) is 2. The van der Waals surface area contributed by atoms with Crippen molar-refractivity contribution in [3.63, 3.8) is 0 Å². The van der Waals surface area contributed by atoms with E-state index in [1.54, 1.807) is 23.1 Å². The summed E-state index contributed by atoms with van der Waals surface area (Å²) in [6.07, 6.45) is 1.67. The van der Waals surface area contributed by atoms with Gasteiger partial charge in [-0.15, -0.1) is 0 Å². The molecule has 6 heteroatoms. The first-order chi connectivity index (χ1) is 14.4. The van der Waals surface area contributed by atoms with Gasteiger partial charge in [-0.25, -0.2) is 9.79 Å². The third-order valence-corrected chi connectivity index (χ3v) is 5.19. The van der Waals surface area contributed by atoms with Crippen LogP contribution in [0.25, 0.3) is 6.08 Å². The van der Waals surface area contributed by atoms with E-state index in [0.29, 0.717) is 17.1 Å². The molecule has 1 amide bonds. The summed E-state index contributed by atoms with van der Waals surface area (Å²) in [5.74, 6) is -0.691. The summed E-state index contributed by atoms with van der Waals surface area (Å²) in [4.78, 5) is 30.6. The molecule has 1 heterocycles. The maximum atomic E-state index is 13.3. The zero-order valence-electron chi connectivity index (χ0n) is 16.0. The molecule has 0 atom stereocenters. The van der Waals surface area contributed by atoms with E-state index in [4.69, 9.17) is 5.11 Å². The van der Waals surface area contributed by atoms with Crippen LogP contribution in [0, 0.1) is 6.92 Å². The Kier molecular flexibility index (Phi) is 5.33. The molecule has 1 aliphatic heterocycles. The maximum Gasteiger partial charge on any atom is 0.335 e. The number of carbonyl (C=O) groups excluding carboxylic acids is 1. The van der Waals surface area contributed by atoms with Gasteiger partial charge in [0.1, 0.15) is 11.5 Å². The molecule has 0 unspecified atom stereocenters. The van der Waals surface area contributed by atoms with Crippen LogP contribution in [-0.2, 0) is 4.79 Å². The topological polar surface area (TPSA) is 70.0 Å². The zero-order valence-corrected chi connectivity index (χ0v) is 17.6. The van der Waals surface area contributed by atoms with E-state index in [9.17, 15) is 9.59 Å². The predicted octanol–water partition coefficient (Wildman–Crippen LogP) is 5.29. The molecule has 0 bridgehead atoms. The highest BCUT2D eigenvalue weighted by atomic mass is 79.9. The number of benzene rings is 3. The minimum Gasteiger partial charge on any atom is -0.478 e. The number of rotatable bonds is 4. The van der Waals surface area contributed by atoms with Crippen molar-refractivity contribution in [2.75, 3.05) is 4.90 Å². The Bertz CT molecular complexity index is 1200. The Labute approximate surface area is 182 Å². The van der Waals surface area contributed by atoms with E-state index in [-0.39, 0.29) is 17.2 Å². The number of amides is 1. The third-order valence-electron chi connectivity index (χ3n) is 4.70. The van der Waals surface area contributed by atoms with E-state index in [1.807, 2.05) is 55.5 Å². The number of amidine groups is 1. The Morgan fingerprint density at radius 1 is 1.03 bits per heavy atom. The number of aliphatic imine (C=N–C) groups is 1. The van der Waals surface area contributed by atoms with Crippen molar-refractivity contribution in [1.82, 2.24) is 0 Å². The van der Waals surface area contributed by atoms with Crippen LogP contribution in [0.5, 0.6) is 0 Å². The summed E-state index contributed by atoms with van der Waals surface area (Å²) in [5.41, 5.74) is 3.83. The van der Waals surface area contributed by atoms with Crippen LogP contribution in [0.2, 0.25) is 0 Å². The van der Waals surface area contributed by atoms with Gasteiger partial charge in [-0.2, -0.15) is 0 Å². The SMILES string of the molecule is Cc1ccc(C2=N/C(=C/c3ccc(C(=O)O)cc3)C(=O)N2c2cccc(Br)c2)cc1. The largest absolute Gasteiger partial charge is 0.478 e. The van der Waals surface area contributed by atoms with E-state index < -0.39 is 5.97 Å². The van der Waals surface area contributed by atoms with Crippen LogP contribution in [0.1, 0.15) is 27.0 Å². The maximum absolute atomic E-state index is 13.3. The van der Waals surface area contributed by atoms with Crippen LogP contribution in [0.3, 0.4) is 0 Å². The van der Waals surface area contributed by atoms with Gasteiger partial charge in [0.05, 0.1) is 11.3 Å². The molecule has 0 aliphatic carbocycles. The number of anilines is 1. The Morgan fingerprint density at radius 2 is 1.73 bits per heavy atom. The Balaban J connectivity index is 1.79. The van der Waals surface area contributed by atoms with Gasteiger partial charge >= 0.3 is 5.97 Å². The highest BCUT2D eigenvalue weighted by Crippen LogP contribution is 2.29. The Hall–Kier alpha value is -3.51. The molecule has 30 heavy (non-hydrogen) atoms. The quantitative estimate of drug-likeness (QED) is 0.537. The average Bonchev–Trinajstić information content (AvgIpc) is 3.05. The first-order valence-electron chi connectivity index (χ1n) is 9.23. The van der Waals surface area contributed by atoms with Crippen molar-refractivity contribution in [2.45, 2.75) is 6.92 Å². The van der Waals surface area contributed by atoms with Gasteiger partial charge in [0, 0.05) is 10.0 Å². The summed E-state index contributed by atoms with van der Waals surface area (Å²) in [6, 6.07) is 21.7. The monoisotopic (exact) mass is 460 g/mol. The van der Waals surface area contributed by atoms with Crippen LogP contribution >= 0.6 is 15.9 Å². The van der Waals surface area contributed by atoms with Gasteiger partial charge in [-0.05, 0) is 48.9 Å². The third kappa shape index (κ3) is 3.95. The molecule has 0 aromatic heterocycles. The van der Waals surface area contributed by atoms with Crippen molar-refractivity contribution in [3.8, 4) is 0 Å². The first kappa shape index (κ1) is 19.8. The number of aryl methyl sites for hydroxylation is 1. The van der Waals surface area contributed by atoms with E-state index >= 15 is 0 Å². The summed E-state index contributed by atoms with van der Waals surface area (Å²) in [6.45, 7) is 2.00. The number of carboxylic acids is 1. The lowest BCUT2D eigenvalue weighted by Gasteiger charge is -2.19. The van der Waals surface area contributed by atoms with Gasteiger partial charge in [0.25, 0.3) is 5.91 Å². The lowest BCUT2D eigenvalue weighted by molar-refractivity contribution is -0.113. The molecule has 0 saturated heterocycles. The second-order valence-electron chi connectivity index (χ2n) is 6.88. The average molecular weight is 461 g/mol. The summed E-state index contributed by atoms with van der Waals surface area (Å²) in [7, 11) is 0. The molecule has 5 nitrogen and oxygen atoms in total. The smallest absolute Gasteiger partial charge is 0.335 e. The van der Waals surface area contributed by atoms with E-state index in [1.165, 1.54) is 12.1 Å². The lowest BCUT2D eigenvalue weighted by Crippen LogP contribution is -2.32. The molecule has 0 spiro atoms. The van der Waals surface area contributed by atoms with Crippen LogP contribution in [0.4, 0.5) is 5.69 Å². The number of aromatic carboxylic acids is 1. The van der Waals surface area contributed by atoms with Crippen molar-refractivity contribution < 1.29 is 14.7 Å². The number of hydrogen-bond acceptors (Lipinski definition) is 3. The fourth-order valence-electron chi connectivity index (χ4n) is 3.15. The molecule has 0 saturated carbocycles. The van der Waals surface area contributed by atoms with Crippen LogP contribution in [0.15, 0.2) is 88.0 Å². The molecule has 1 aliphatic rings. The number of halogens is 1. The second kappa shape index (κ2) is 8.08. The molecule has 1 N–H and O–H groups in total.